The van der Waals surface area contributed by atoms with Gasteiger partial charge in [-0.3, -0.25) is 4.90 Å². The summed E-state index contributed by atoms with van der Waals surface area (Å²) >= 11 is 0. The lowest BCUT2D eigenvalue weighted by atomic mass is 10.2. The van der Waals surface area contributed by atoms with Crippen LogP contribution in [0.25, 0.3) is 0 Å². The Morgan fingerprint density at radius 2 is 2.40 bits per heavy atom. The summed E-state index contributed by atoms with van der Waals surface area (Å²) in [7, 11) is 0. The van der Waals surface area contributed by atoms with E-state index in [1.807, 2.05) is 12.1 Å². The lowest BCUT2D eigenvalue weighted by Gasteiger charge is -2.31. The van der Waals surface area contributed by atoms with E-state index in [2.05, 4.69) is 11.0 Å². The van der Waals surface area contributed by atoms with Crippen LogP contribution >= 0.6 is 0 Å². The molecule has 2 rings (SSSR count). The van der Waals surface area contributed by atoms with Gasteiger partial charge in [0.05, 0.1) is 37.6 Å². The summed E-state index contributed by atoms with van der Waals surface area (Å²) in [5.41, 5.74) is 0.612. The Kier molecular flexibility index (Phi) is 5.81. The Hall–Kier alpha value is -1.61. The highest BCUT2D eigenvalue weighted by Gasteiger charge is 2.18. The molecule has 108 valence electrons. The minimum atomic E-state index is -0.0584. The molecule has 5 heteroatoms. The van der Waals surface area contributed by atoms with Crippen LogP contribution in [0.3, 0.4) is 0 Å². The molecule has 1 aromatic carbocycles. The molecule has 1 aromatic rings. The van der Waals surface area contributed by atoms with Crippen molar-refractivity contribution in [3.8, 4) is 11.8 Å². The van der Waals surface area contributed by atoms with Crippen molar-refractivity contribution in [1.29, 1.82) is 5.26 Å². The summed E-state index contributed by atoms with van der Waals surface area (Å²) in [4.78, 5) is 2.28. The van der Waals surface area contributed by atoms with Crippen LogP contribution in [0.1, 0.15) is 12.0 Å². The number of benzene rings is 1. The fraction of sp³-hybridized carbons (Fsp3) is 0.533. The largest absolute Gasteiger partial charge is 0.494 e. The van der Waals surface area contributed by atoms with Gasteiger partial charge in [-0.2, -0.15) is 5.26 Å². The van der Waals surface area contributed by atoms with Crippen LogP contribution in [-0.4, -0.2) is 55.6 Å². The zero-order chi connectivity index (χ0) is 14.2. The number of aliphatic hydroxyl groups is 1. The number of hydrogen-bond donors (Lipinski definition) is 1. The quantitative estimate of drug-likeness (QED) is 0.786. The van der Waals surface area contributed by atoms with E-state index in [0.717, 1.165) is 31.8 Å². The number of ether oxygens (including phenoxy) is 2. The molecule has 1 saturated heterocycles. The first-order valence-corrected chi connectivity index (χ1v) is 6.89. The smallest absolute Gasteiger partial charge is 0.120 e. The van der Waals surface area contributed by atoms with Crippen molar-refractivity contribution in [3.05, 3.63) is 29.8 Å². The molecule has 1 aliphatic rings. The SMILES string of the molecule is N#Cc1cccc(OCCCN2CCOC(CO)C2)c1. The zero-order valence-electron chi connectivity index (χ0n) is 11.5. The van der Waals surface area contributed by atoms with Crippen molar-refractivity contribution in [2.75, 3.05) is 39.5 Å². The Labute approximate surface area is 119 Å². The average Bonchev–Trinajstić information content (AvgIpc) is 2.52. The van der Waals surface area contributed by atoms with Gasteiger partial charge in [-0.15, -0.1) is 0 Å². The third-order valence-electron chi connectivity index (χ3n) is 3.28. The van der Waals surface area contributed by atoms with E-state index in [4.69, 9.17) is 19.8 Å². The summed E-state index contributed by atoms with van der Waals surface area (Å²) in [5, 5.41) is 17.9. The molecule has 5 nitrogen and oxygen atoms in total. The minimum absolute atomic E-state index is 0.0584. The topological polar surface area (TPSA) is 65.7 Å². The number of nitrogens with zero attached hydrogens (tertiary/aromatic N) is 2. The maximum atomic E-state index is 9.08. The normalized spacial score (nSPS) is 19.5. The van der Waals surface area contributed by atoms with Gasteiger partial charge in [0.15, 0.2) is 0 Å². The van der Waals surface area contributed by atoms with Crippen LogP contribution in [0, 0.1) is 11.3 Å². The van der Waals surface area contributed by atoms with Crippen LogP contribution in [0.4, 0.5) is 0 Å². The number of nitriles is 1. The van der Waals surface area contributed by atoms with Gasteiger partial charge >= 0.3 is 0 Å². The summed E-state index contributed by atoms with van der Waals surface area (Å²) in [5.74, 6) is 0.735. The van der Waals surface area contributed by atoms with Crippen molar-refractivity contribution < 1.29 is 14.6 Å². The Balaban J connectivity index is 1.67. The molecule has 1 aliphatic heterocycles. The van der Waals surface area contributed by atoms with Crippen molar-refractivity contribution in [2.24, 2.45) is 0 Å². The van der Waals surface area contributed by atoms with Crippen LogP contribution < -0.4 is 4.74 Å². The van der Waals surface area contributed by atoms with Crippen LogP contribution in [0.2, 0.25) is 0 Å². The highest BCUT2D eigenvalue weighted by Crippen LogP contribution is 2.13. The van der Waals surface area contributed by atoms with Gasteiger partial charge in [-0.25, -0.2) is 0 Å². The third-order valence-corrected chi connectivity index (χ3v) is 3.28. The molecular weight excluding hydrogens is 256 g/mol. The van der Waals surface area contributed by atoms with Gasteiger partial charge in [0.2, 0.25) is 0 Å². The molecule has 0 amide bonds. The lowest BCUT2D eigenvalue weighted by Crippen LogP contribution is -2.44. The predicted octanol–water partition coefficient (Wildman–Crippen LogP) is 1.02. The first-order chi connectivity index (χ1) is 9.81. The Morgan fingerprint density at radius 3 is 3.20 bits per heavy atom. The van der Waals surface area contributed by atoms with E-state index in [-0.39, 0.29) is 12.7 Å². The maximum absolute atomic E-state index is 9.08. The molecule has 0 saturated carbocycles. The van der Waals surface area contributed by atoms with Crippen LogP contribution in [0.5, 0.6) is 5.75 Å². The van der Waals surface area contributed by atoms with Gasteiger partial charge in [0, 0.05) is 19.6 Å². The van der Waals surface area contributed by atoms with Crippen LogP contribution in [-0.2, 0) is 4.74 Å². The fourth-order valence-electron chi connectivity index (χ4n) is 2.23. The predicted molar refractivity (Wildman–Crippen MR) is 74.5 cm³/mol. The molecule has 0 aliphatic carbocycles. The summed E-state index contributed by atoms with van der Waals surface area (Å²) in [6.45, 7) is 3.99. The number of aliphatic hydroxyl groups excluding tert-OH is 1. The highest BCUT2D eigenvalue weighted by molar-refractivity contribution is 5.36. The maximum Gasteiger partial charge on any atom is 0.120 e. The second-order valence-electron chi connectivity index (χ2n) is 4.82. The van der Waals surface area contributed by atoms with Crippen molar-refractivity contribution in [2.45, 2.75) is 12.5 Å². The third kappa shape index (κ3) is 4.49. The molecule has 0 spiro atoms. The standard InChI is InChI=1S/C15H20N2O3/c16-10-13-3-1-4-14(9-13)19-7-2-5-17-6-8-20-15(11-17)12-18/h1,3-4,9,15,18H,2,5-8,11-12H2. The van der Waals surface area contributed by atoms with E-state index in [0.29, 0.717) is 18.8 Å². The van der Waals surface area contributed by atoms with Gasteiger partial charge in [0.25, 0.3) is 0 Å². The second-order valence-corrected chi connectivity index (χ2v) is 4.82. The Bertz CT molecular complexity index is 459. The molecule has 0 bridgehead atoms. The first kappa shape index (κ1) is 14.8. The van der Waals surface area contributed by atoms with Gasteiger partial charge < -0.3 is 14.6 Å². The zero-order valence-corrected chi connectivity index (χ0v) is 11.5. The minimum Gasteiger partial charge on any atom is -0.494 e. The molecular formula is C15H20N2O3. The van der Waals surface area contributed by atoms with Crippen molar-refractivity contribution >= 4 is 0 Å². The molecule has 1 heterocycles. The lowest BCUT2D eigenvalue weighted by molar-refractivity contribution is -0.0533. The van der Waals surface area contributed by atoms with Crippen LogP contribution in [0.15, 0.2) is 24.3 Å². The Morgan fingerprint density at radius 1 is 1.50 bits per heavy atom. The van der Waals surface area contributed by atoms with E-state index in [1.54, 1.807) is 12.1 Å². The van der Waals surface area contributed by atoms with Gasteiger partial charge in [0.1, 0.15) is 5.75 Å². The molecule has 1 N–H and O–H groups in total. The van der Waals surface area contributed by atoms with E-state index in [9.17, 15) is 0 Å². The molecule has 1 unspecified atom stereocenters. The van der Waals surface area contributed by atoms with E-state index in [1.165, 1.54) is 0 Å². The number of rotatable bonds is 6. The number of morpholine rings is 1. The monoisotopic (exact) mass is 276 g/mol. The molecule has 1 fully saturated rings. The van der Waals surface area contributed by atoms with E-state index < -0.39 is 0 Å². The summed E-state index contributed by atoms with van der Waals surface area (Å²) in [6.07, 6.45) is 0.853. The summed E-state index contributed by atoms with van der Waals surface area (Å²) in [6, 6.07) is 9.28. The van der Waals surface area contributed by atoms with Gasteiger partial charge in [-0.05, 0) is 24.6 Å². The van der Waals surface area contributed by atoms with Crippen molar-refractivity contribution in [1.82, 2.24) is 4.90 Å². The van der Waals surface area contributed by atoms with Crippen molar-refractivity contribution in [3.63, 3.8) is 0 Å². The fourth-order valence-corrected chi connectivity index (χ4v) is 2.23. The average molecular weight is 276 g/mol. The molecule has 0 aromatic heterocycles. The first-order valence-electron chi connectivity index (χ1n) is 6.89. The van der Waals surface area contributed by atoms with E-state index >= 15 is 0 Å². The molecule has 20 heavy (non-hydrogen) atoms. The highest BCUT2D eigenvalue weighted by atomic mass is 16.5. The summed E-state index contributed by atoms with van der Waals surface area (Å²) < 4.78 is 11.0. The van der Waals surface area contributed by atoms with Gasteiger partial charge in [-0.1, -0.05) is 6.07 Å². The number of hydrogen-bond acceptors (Lipinski definition) is 5. The molecule has 0 radical (unpaired) electrons. The molecule has 1 atom stereocenters. The second kappa shape index (κ2) is 7.85.